The van der Waals surface area contributed by atoms with Crippen molar-refractivity contribution in [2.75, 3.05) is 20.2 Å². The first kappa shape index (κ1) is 14.9. The van der Waals surface area contributed by atoms with Gasteiger partial charge in [-0.15, -0.1) is 0 Å². The van der Waals surface area contributed by atoms with Gasteiger partial charge in [0.15, 0.2) is 0 Å². The average molecular weight is 276 g/mol. The van der Waals surface area contributed by atoms with E-state index in [0.29, 0.717) is 6.61 Å². The van der Waals surface area contributed by atoms with E-state index in [1.165, 1.54) is 0 Å². The number of hydrogen-bond donors (Lipinski definition) is 1. The number of amides is 1. The number of hydrogen-bond acceptors (Lipinski definition) is 3. The second-order valence-corrected chi connectivity index (χ2v) is 5.48. The van der Waals surface area contributed by atoms with Crippen LogP contribution in [0.2, 0.25) is 0 Å². The van der Waals surface area contributed by atoms with E-state index in [-0.39, 0.29) is 17.9 Å². The predicted molar refractivity (Wildman–Crippen MR) is 79.5 cm³/mol. The lowest BCUT2D eigenvalue weighted by Crippen LogP contribution is -2.40. The second kappa shape index (κ2) is 7.29. The molecule has 0 saturated heterocycles. The zero-order valence-corrected chi connectivity index (χ0v) is 12.1. The Morgan fingerprint density at radius 2 is 2.10 bits per heavy atom. The molecule has 1 amide bonds. The molecule has 4 nitrogen and oxygen atoms in total. The topological polar surface area (TPSA) is 55.6 Å². The molecule has 1 fully saturated rings. The number of rotatable bonds is 6. The highest BCUT2D eigenvalue weighted by molar-refractivity contribution is 5.79. The zero-order chi connectivity index (χ0) is 14.4. The number of nitrogens with two attached hydrogens (primary N) is 1. The Morgan fingerprint density at radius 1 is 1.35 bits per heavy atom. The second-order valence-electron chi connectivity index (χ2n) is 5.48. The number of carbonyl (C=O) groups excluding carboxylic acids is 1. The minimum Gasteiger partial charge on any atom is -0.494 e. The highest BCUT2D eigenvalue weighted by atomic mass is 16.5. The SMILES string of the molecule is CN(CCCOc1ccccc1)C(=O)[C@H]1CCC[C@@H]1N. The average Bonchev–Trinajstić information content (AvgIpc) is 2.90. The summed E-state index contributed by atoms with van der Waals surface area (Å²) in [6.07, 6.45) is 3.81. The lowest BCUT2D eigenvalue weighted by molar-refractivity contribution is -0.134. The molecule has 0 aromatic heterocycles. The van der Waals surface area contributed by atoms with Crippen LogP contribution in [0.25, 0.3) is 0 Å². The first-order chi connectivity index (χ1) is 9.68. The summed E-state index contributed by atoms with van der Waals surface area (Å²) in [5.74, 6) is 1.09. The Labute approximate surface area is 120 Å². The van der Waals surface area contributed by atoms with E-state index >= 15 is 0 Å². The standard InChI is InChI=1S/C16H24N2O2/c1-18(16(19)14-9-5-10-15(14)17)11-6-12-20-13-7-3-2-4-8-13/h2-4,7-8,14-15H,5-6,9-12,17H2,1H3/t14-,15-/m0/s1. The molecular weight excluding hydrogens is 252 g/mol. The van der Waals surface area contributed by atoms with Crippen molar-refractivity contribution in [1.29, 1.82) is 0 Å². The number of benzene rings is 1. The summed E-state index contributed by atoms with van der Waals surface area (Å²) < 4.78 is 5.62. The summed E-state index contributed by atoms with van der Waals surface area (Å²) in [7, 11) is 1.86. The van der Waals surface area contributed by atoms with E-state index in [1.807, 2.05) is 37.4 Å². The van der Waals surface area contributed by atoms with Crippen LogP contribution >= 0.6 is 0 Å². The van der Waals surface area contributed by atoms with Crippen molar-refractivity contribution in [3.63, 3.8) is 0 Å². The highest BCUT2D eigenvalue weighted by Crippen LogP contribution is 2.25. The van der Waals surface area contributed by atoms with Crippen LogP contribution in [-0.4, -0.2) is 37.0 Å². The fourth-order valence-corrected chi connectivity index (χ4v) is 2.70. The first-order valence-electron chi connectivity index (χ1n) is 7.37. The van der Waals surface area contributed by atoms with Crippen LogP contribution < -0.4 is 10.5 Å². The molecular formula is C16H24N2O2. The predicted octanol–water partition coefficient (Wildman–Crippen LogP) is 2.04. The van der Waals surface area contributed by atoms with Gasteiger partial charge < -0.3 is 15.4 Å². The molecule has 1 aromatic carbocycles. The van der Waals surface area contributed by atoms with Gasteiger partial charge in [0.25, 0.3) is 0 Å². The van der Waals surface area contributed by atoms with Crippen molar-refractivity contribution in [3.05, 3.63) is 30.3 Å². The van der Waals surface area contributed by atoms with Gasteiger partial charge in [-0.25, -0.2) is 0 Å². The summed E-state index contributed by atoms with van der Waals surface area (Å²) in [6, 6.07) is 9.78. The maximum Gasteiger partial charge on any atom is 0.226 e. The van der Waals surface area contributed by atoms with Gasteiger partial charge in [-0.05, 0) is 31.4 Å². The molecule has 0 unspecified atom stereocenters. The largest absolute Gasteiger partial charge is 0.494 e. The Balaban J connectivity index is 1.67. The van der Waals surface area contributed by atoms with Crippen LogP contribution in [0.1, 0.15) is 25.7 Å². The molecule has 2 rings (SSSR count). The van der Waals surface area contributed by atoms with Crippen LogP contribution in [0.5, 0.6) is 5.75 Å². The van der Waals surface area contributed by atoms with Crippen LogP contribution in [0.15, 0.2) is 30.3 Å². The van der Waals surface area contributed by atoms with Crippen molar-refractivity contribution in [1.82, 2.24) is 4.90 Å². The highest BCUT2D eigenvalue weighted by Gasteiger charge is 2.31. The number of nitrogens with zero attached hydrogens (tertiary/aromatic N) is 1. The van der Waals surface area contributed by atoms with Crippen LogP contribution in [-0.2, 0) is 4.79 Å². The van der Waals surface area contributed by atoms with Crippen molar-refractivity contribution < 1.29 is 9.53 Å². The van der Waals surface area contributed by atoms with Gasteiger partial charge in [-0.2, -0.15) is 0 Å². The van der Waals surface area contributed by atoms with Crippen molar-refractivity contribution >= 4 is 5.91 Å². The van der Waals surface area contributed by atoms with Crippen molar-refractivity contribution in [2.24, 2.45) is 11.7 Å². The van der Waals surface area contributed by atoms with E-state index in [4.69, 9.17) is 10.5 Å². The van der Waals surface area contributed by atoms with E-state index in [1.54, 1.807) is 4.90 Å². The smallest absolute Gasteiger partial charge is 0.226 e. The quantitative estimate of drug-likeness (QED) is 0.809. The molecule has 0 radical (unpaired) electrons. The molecule has 2 atom stereocenters. The summed E-state index contributed by atoms with van der Waals surface area (Å²) in [4.78, 5) is 14.0. The molecule has 0 heterocycles. The van der Waals surface area contributed by atoms with E-state index in [2.05, 4.69) is 0 Å². The lowest BCUT2D eigenvalue weighted by atomic mass is 10.0. The molecule has 1 aromatic rings. The minimum atomic E-state index is 0.0232. The van der Waals surface area contributed by atoms with Gasteiger partial charge in [0, 0.05) is 19.6 Å². The van der Waals surface area contributed by atoms with E-state index in [0.717, 1.165) is 38.0 Å². The third-order valence-corrected chi connectivity index (χ3v) is 3.91. The summed E-state index contributed by atoms with van der Waals surface area (Å²) in [5.41, 5.74) is 5.98. The number of ether oxygens (including phenoxy) is 1. The first-order valence-corrected chi connectivity index (χ1v) is 7.37. The lowest BCUT2D eigenvalue weighted by Gasteiger charge is -2.23. The van der Waals surface area contributed by atoms with Gasteiger partial charge in [0.05, 0.1) is 12.5 Å². The third kappa shape index (κ3) is 3.97. The molecule has 2 N–H and O–H groups in total. The molecule has 1 aliphatic carbocycles. The van der Waals surface area contributed by atoms with Gasteiger partial charge >= 0.3 is 0 Å². The maximum atomic E-state index is 12.2. The van der Waals surface area contributed by atoms with Crippen molar-refractivity contribution in [2.45, 2.75) is 31.7 Å². The molecule has 4 heteroatoms. The molecule has 1 aliphatic rings. The molecule has 1 saturated carbocycles. The molecule has 110 valence electrons. The van der Waals surface area contributed by atoms with Crippen molar-refractivity contribution in [3.8, 4) is 5.75 Å². The Bertz CT molecular complexity index is 422. The van der Waals surface area contributed by atoms with Gasteiger partial charge in [0.2, 0.25) is 5.91 Å². The normalized spacial score (nSPS) is 21.7. The molecule has 0 aliphatic heterocycles. The molecule has 0 bridgehead atoms. The number of carbonyl (C=O) groups is 1. The monoisotopic (exact) mass is 276 g/mol. The number of para-hydroxylation sites is 1. The summed E-state index contributed by atoms with van der Waals surface area (Å²) in [6.45, 7) is 1.34. The van der Waals surface area contributed by atoms with E-state index < -0.39 is 0 Å². The maximum absolute atomic E-state index is 12.2. The molecule has 20 heavy (non-hydrogen) atoms. The third-order valence-electron chi connectivity index (χ3n) is 3.91. The fourth-order valence-electron chi connectivity index (χ4n) is 2.70. The van der Waals surface area contributed by atoms with Gasteiger partial charge in [-0.3, -0.25) is 4.79 Å². The van der Waals surface area contributed by atoms with Gasteiger partial charge in [0.1, 0.15) is 5.75 Å². The summed E-state index contributed by atoms with van der Waals surface area (Å²) in [5, 5.41) is 0. The molecule has 0 spiro atoms. The van der Waals surface area contributed by atoms with Crippen LogP contribution in [0.3, 0.4) is 0 Å². The zero-order valence-electron chi connectivity index (χ0n) is 12.1. The van der Waals surface area contributed by atoms with Crippen LogP contribution in [0.4, 0.5) is 0 Å². The van der Waals surface area contributed by atoms with Gasteiger partial charge in [-0.1, -0.05) is 24.6 Å². The Kier molecular flexibility index (Phi) is 5.41. The summed E-state index contributed by atoms with van der Waals surface area (Å²) >= 11 is 0. The minimum absolute atomic E-state index is 0.0232. The van der Waals surface area contributed by atoms with E-state index in [9.17, 15) is 4.79 Å². The Hall–Kier alpha value is -1.55. The Morgan fingerprint density at radius 3 is 2.75 bits per heavy atom. The fraction of sp³-hybridized carbons (Fsp3) is 0.562. The van der Waals surface area contributed by atoms with Crippen LogP contribution in [0, 0.1) is 5.92 Å².